The van der Waals surface area contributed by atoms with Gasteiger partial charge in [0, 0.05) is 19.1 Å². The second kappa shape index (κ2) is 5.23. The number of aromatic nitrogens is 3. The van der Waals surface area contributed by atoms with Crippen molar-refractivity contribution in [3.63, 3.8) is 0 Å². The molecule has 1 saturated heterocycles. The second-order valence-corrected chi connectivity index (χ2v) is 4.07. The van der Waals surface area contributed by atoms with Crippen molar-refractivity contribution < 1.29 is 5.11 Å². The van der Waals surface area contributed by atoms with Gasteiger partial charge in [0.15, 0.2) is 0 Å². The van der Waals surface area contributed by atoms with Crippen molar-refractivity contribution in [1.29, 1.82) is 0 Å². The number of hydrogen-bond donors (Lipinski definition) is 1. The van der Waals surface area contributed by atoms with Crippen LogP contribution in [0.5, 0.6) is 0 Å². The maximum Gasteiger partial charge on any atom is 0.119 e. The third-order valence-electron chi connectivity index (χ3n) is 3.07. The zero-order chi connectivity index (χ0) is 10.5. The molecule has 0 aliphatic carbocycles. The molecule has 0 aromatic carbocycles. The lowest BCUT2D eigenvalue weighted by molar-refractivity contribution is 0.0871. The minimum absolute atomic E-state index is 0.280. The standard InChI is InChI=1S/C10H18N4O/c15-7-10-3-1-2-4-14(10)6-5-13-8-11-12-9-13/h8-10,15H,1-7H2/t10-/m0/s1. The van der Waals surface area contributed by atoms with Gasteiger partial charge in [-0.15, -0.1) is 10.2 Å². The maximum atomic E-state index is 9.25. The van der Waals surface area contributed by atoms with Gasteiger partial charge in [-0.25, -0.2) is 0 Å². The first kappa shape index (κ1) is 10.6. The van der Waals surface area contributed by atoms with Gasteiger partial charge in [-0.3, -0.25) is 4.90 Å². The fourth-order valence-electron chi connectivity index (χ4n) is 2.14. The molecule has 0 amide bonds. The average molecular weight is 210 g/mol. The number of aliphatic hydroxyl groups excluding tert-OH is 1. The van der Waals surface area contributed by atoms with Crippen molar-refractivity contribution in [3.8, 4) is 0 Å². The number of likely N-dealkylation sites (tertiary alicyclic amines) is 1. The van der Waals surface area contributed by atoms with Crippen LogP contribution >= 0.6 is 0 Å². The molecule has 1 aliphatic heterocycles. The summed E-state index contributed by atoms with van der Waals surface area (Å²) < 4.78 is 1.98. The first-order chi connectivity index (χ1) is 7.40. The van der Waals surface area contributed by atoms with Crippen LogP contribution in [0.3, 0.4) is 0 Å². The van der Waals surface area contributed by atoms with E-state index < -0.39 is 0 Å². The molecule has 2 rings (SSSR count). The van der Waals surface area contributed by atoms with Gasteiger partial charge in [0.2, 0.25) is 0 Å². The molecule has 1 aliphatic rings. The van der Waals surface area contributed by atoms with Crippen molar-refractivity contribution in [1.82, 2.24) is 19.7 Å². The lowest BCUT2D eigenvalue weighted by atomic mass is 10.0. The number of piperidine rings is 1. The Labute approximate surface area is 89.7 Å². The Morgan fingerprint density at radius 1 is 1.20 bits per heavy atom. The molecule has 2 heterocycles. The largest absolute Gasteiger partial charge is 0.395 e. The Morgan fingerprint density at radius 3 is 2.73 bits per heavy atom. The summed E-state index contributed by atoms with van der Waals surface area (Å²) in [6.45, 7) is 3.27. The van der Waals surface area contributed by atoms with Gasteiger partial charge in [-0.1, -0.05) is 6.42 Å². The summed E-state index contributed by atoms with van der Waals surface area (Å²) in [6.07, 6.45) is 7.08. The minimum Gasteiger partial charge on any atom is -0.395 e. The number of aliphatic hydroxyl groups is 1. The summed E-state index contributed by atoms with van der Waals surface area (Å²) in [5, 5.41) is 16.8. The van der Waals surface area contributed by atoms with Gasteiger partial charge in [-0.05, 0) is 19.4 Å². The van der Waals surface area contributed by atoms with E-state index in [0.29, 0.717) is 6.04 Å². The summed E-state index contributed by atoms with van der Waals surface area (Å²) in [4.78, 5) is 2.36. The van der Waals surface area contributed by atoms with E-state index in [0.717, 1.165) is 26.1 Å². The molecule has 15 heavy (non-hydrogen) atoms. The first-order valence-electron chi connectivity index (χ1n) is 5.57. The lowest BCUT2D eigenvalue weighted by Crippen LogP contribution is -2.43. The average Bonchev–Trinajstić information content (AvgIpc) is 2.79. The van der Waals surface area contributed by atoms with Crippen molar-refractivity contribution in [2.45, 2.75) is 31.8 Å². The molecule has 1 atom stereocenters. The molecule has 84 valence electrons. The van der Waals surface area contributed by atoms with Crippen LogP contribution in [0.1, 0.15) is 19.3 Å². The van der Waals surface area contributed by atoms with Gasteiger partial charge < -0.3 is 9.67 Å². The van der Waals surface area contributed by atoms with Gasteiger partial charge in [0.25, 0.3) is 0 Å². The molecule has 0 unspecified atom stereocenters. The molecule has 1 N–H and O–H groups in total. The Kier molecular flexibility index (Phi) is 3.69. The predicted molar refractivity (Wildman–Crippen MR) is 56.3 cm³/mol. The highest BCUT2D eigenvalue weighted by molar-refractivity contribution is 4.76. The molecule has 5 heteroatoms. The van der Waals surface area contributed by atoms with E-state index >= 15 is 0 Å². The number of nitrogens with zero attached hydrogens (tertiary/aromatic N) is 4. The Bertz CT molecular complexity index is 275. The summed E-state index contributed by atoms with van der Waals surface area (Å²) in [5.74, 6) is 0. The van der Waals surface area contributed by atoms with Crippen LogP contribution in [0.2, 0.25) is 0 Å². The predicted octanol–water partition coefficient (Wildman–Crippen LogP) is 0.125. The lowest BCUT2D eigenvalue weighted by Gasteiger charge is -2.34. The maximum absolute atomic E-state index is 9.25. The van der Waals surface area contributed by atoms with Crippen LogP contribution in [0.4, 0.5) is 0 Å². The summed E-state index contributed by atoms with van der Waals surface area (Å²) in [6, 6.07) is 0.357. The highest BCUT2D eigenvalue weighted by Crippen LogP contribution is 2.16. The molecule has 1 aromatic rings. The smallest absolute Gasteiger partial charge is 0.119 e. The molecular weight excluding hydrogens is 192 g/mol. The van der Waals surface area contributed by atoms with E-state index in [1.807, 2.05) is 4.57 Å². The summed E-state index contributed by atoms with van der Waals surface area (Å²) in [5.41, 5.74) is 0. The fraction of sp³-hybridized carbons (Fsp3) is 0.800. The molecule has 1 fully saturated rings. The highest BCUT2D eigenvalue weighted by Gasteiger charge is 2.20. The topological polar surface area (TPSA) is 54.2 Å². The number of hydrogen-bond acceptors (Lipinski definition) is 4. The SMILES string of the molecule is OC[C@@H]1CCCCN1CCn1cnnc1. The second-order valence-electron chi connectivity index (χ2n) is 4.07. The summed E-state index contributed by atoms with van der Waals surface area (Å²) in [7, 11) is 0. The number of rotatable bonds is 4. The summed E-state index contributed by atoms with van der Waals surface area (Å²) >= 11 is 0. The molecule has 0 radical (unpaired) electrons. The van der Waals surface area contributed by atoms with Crippen LogP contribution in [0, 0.1) is 0 Å². The normalized spacial score (nSPS) is 23.1. The van der Waals surface area contributed by atoms with Crippen LogP contribution in [0.25, 0.3) is 0 Å². The third kappa shape index (κ3) is 2.76. The van der Waals surface area contributed by atoms with Crippen LogP contribution < -0.4 is 0 Å². The van der Waals surface area contributed by atoms with Crippen molar-refractivity contribution >= 4 is 0 Å². The molecule has 0 spiro atoms. The highest BCUT2D eigenvalue weighted by atomic mass is 16.3. The Balaban J connectivity index is 1.81. The van der Waals surface area contributed by atoms with E-state index in [-0.39, 0.29) is 6.61 Å². The third-order valence-corrected chi connectivity index (χ3v) is 3.07. The van der Waals surface area contributed by atoms with E-state index in [2.05, 4.69) is 15.1 Å². The van der Waals surface area contributed by atoms with Crippen molar-refractivity contribution in [2.75, 3.05) is 19.7 Å². The molecule has 0 saturated carbocycles. The minimum atomic E-state index is 0.280. The molecule has 0 bridgehead atoms. The van der Waals surface area contributed by atoms with Crippen molar-refractivity contribution in [3.05, 3.63) is 12.7 Å². The van der Waals surface area contributed by atoms with Crippen molar-refractivity contribution in [2.24, 2.45) is 0 Å². The van der Waals surface area contributed by atoms with Crippen LogP contribution in [-0.4, -0.2) is 50.5 Å². The zero-order valence-corrected chi connectivity index (χ0v) is 8.92. The van der Waals surface area contributed by atoms with Gasteiger partial charge in [0.05, 0.1) is 6.61 Å². The molecule has 5 nitrogen and oxygen atoms in total. The van der Waals surface area contributed by atoms with E-state index in [1.54, 1.807) is 12.7 Å². The van der Waals surface area contributed by atoms with E-state index in [4.69, 9.17) is 0 Å². The quantitative estimate of drug-likeness (QED) is 0.767. The Hall–Kier alpha value is -0.940. The zero-order valence-electron chi connectivity index (χ0n) is 8.92. The van der Waals surface area contributed by atoms with Crippen LogP contribution in [-0.2, 0) is 6.54 Å². The van der Waals surface area contributed by atoms with Crippen LogP contribution in [0.15, 0.2) is 12.7 Å². The fourth-order valence-corrected chi connectivity index (χ4v) is 2.14. The monoisotopic (exact) mass is 210 g/mol. The van der Waals surface area contributed by atoms with Gasteiger partial charge in [0.1, 0.15) is 12.7 Å². The van der Waals surface area contributed by atoms with E-state index in [1.165, 1.54) is 12.8 Å². The van der Waals surface area contributed by atoms with Gasteiger partial charge in [-0.2, -0.15) is 0 Å². The Morgan fingerprint density at radius 2 is 2.00 bits per heavy atom. The van der Waals surface area contributed by atoms with E-state index in [9.17, 15) is 5.11 Å². The first-order valence-corrected chi connectivity index (χ1v) is 5.57. The molecular formula is C10H18N4O. The molecule has 1 aromatic heterocycles. The van der Waals surface area contributed by atoms with Gasteiger partial charge >= 0.3 is 0 Å².